The molecule has 2 nitrogen and oxygen atoms in total. The van der Waals surface area contributed by atoms with Crippen LogP contribution in [0.25, 0.3) is 0 Å². The van der Waals surface area contributed by atoms with Crippen LogP contribution in [0.5, 0.6) is 0 Å². The Morgan fingerprint density at radius 2 is 1.91 bits per heavy atom. The Bertz CT molecular complexity index is 504. The summed E-state index contributed by atoms with van der Waals surface area (Å²) in [6.45, 7) is 8.76. The Hall–Kier alpha value is -1.12. The molecule has 1 unspecified atom stereocenters. The molecule has 22 heavy (non-hydrogen) atoms. The Morgan fingerprint density at radius 1 is 1.23 bits per heavy atom. The molecule has 0 fully saturated rings. The van der Waals surface area contributed by atoms with Gasteiger partial charge in [0.1, 0.15) is 0 Å². The summed E-state index contributed by atoms with van der Waals surface area (Å²) in [4.78, 5) is 2.25. The fourth-order valence-electron chi connectivity index (χ4n) is 3.70. The van der Waals surface area contributed by atoms with Gasteiger partial charge in [0.25, 0.3) is 0 Å². The van der Waals surface area contributed by atoms with Crippen LogP contribution in [0.3, 0.4) is 0 Å². The molecule has 0 saturated carbocycles. The lowest BCUT2D eigenvalue weighted by atomic mass is 9.71. The van der Waals surface area contributed by atoms with Crippen molar-refractivity contribution < 1.29 is 5.11 Å². The molecule has 1 atom stereocenters. The van der Waals surface area contributed by atoms with E-state index in [9.17, 15) is 5.11 Å². The van der Waals surface area contributed by atoms with Gasteiger partial charge in [0.15, 0.2) is 0 Å². The first-order chi connectivity index (χ1) is 10.4. The predicted molar refractivity (Wildman–Crippen MR) is 93.8 cm³/mol. The number of hydrogen-bond acceptors (Lipinski definition) is 2. The van der Waals surface area contributed by atoms with Crippen LogP contribution in [0.1, 0.15) is 58.1 Å². The molecule has 0 radical (unpaired) electrons. The van der Waals surface area contributed by atoms with Crippen LogP contribution >= 0.6 is 0 Å². The van der Waals surface area contributed by atoms with E-state index in [1.807, 2.05) is 30.3 Å². The van der Waals surface area contributed by atoms with Gasteiger partial charge < -0.3 is 10.0 Å². The van der Waals surface area contributed by atoms with E-state index in [1.165, 1.54) is 19.3 Å². The Kier molecular flexibility index (Phi) is 5.82. The lowest BCUT2D eigenvalue weighted by Gasteiger charge is -2.35. The zero-order valence-corrected chi connectivity index (χ0v) is 14.6. The molecule has 0 spiro atoms. The standard InChI is InChI=1S/C20H31NO/c1-16-9-8-13-20(2,3)18(16)12-14-21(4)15-19(22)17-10-6-5-7-11-17/h5-7,10-11,19,22H,8-9,12-15H2,1-4H3. The van der Waals surface area contributed by atoms with Gasteiger partial charge >= 0.3 is 0 Å². The fourth-order valence-corrected chi connectivity index (χ4v) is 3.70. The molecule has 0 saturated heterocycles. The third kappa shape index (κ3) is 4.44. The van der Waals surface area contributed by atoms with Crippen molar-refractivity contribution in [3.8, 4) is 0 Å². The van der Waals surface area contributed by atoms with Crippen LogP contribution < -0.4 is 0 Å². The Labute approximate surface area is 135 Å². The van der Waals surface area contributed by atoms with Crippen molar-refractivity contribution in [2.24, 2.45) is 5.41 Å². The van der Waals surface area contributed by atoms with E-state index in [4.69, 9.17) is 0 Å². The topological polar surface area (TPSA) is 23.5 Å². The second kappa shape index (κ2) is 7.43. The maximum atomic E-state index is 10.3. The van der Waals surface area contributed by atoms with Crippen LogP contribution in [-0.4, -0.2) is 30.1 Å². The van der Waals surface area contributed by atoms with Crippen molar-refractivity contribution in [3.63, 3.8) is 0 Å². The highest BCUT2D eigenvalue weighted by Gasteiger charge is 2.28. The molecule has 0 heterocycles. The van der Waals surface area contributed by atoms with Crippen molar-refractivity contribution in [2.75, 3.05) is 20.1 Å². The summed E-state index contributed by atoms with van der Waals surface area (Å²) >= 11 is 0. The summed E-state index contributed by atoms with van der Waals surface area (Å²) in [5.74, 6) is 0. The van der Waals surface area contributed by atoms with E-state index < -0.39 is 6.10 Å². The van der Waals surface area contributed by atoms with Crippen LogP contribution in [0.2, 0.25) is 0 Å². The monoisotopic (exact) mass is 301 g/mol. The zero-order valence-electron chi connectivity index (χ0n) is 14.6. The Morgan fingerprint density at radius 3 is 2.55 bits per heavy atom. The van der Waals surface area contributed by atoms with Crippen molar-refractivity contribution in [1.82, 2.24) is 4.90 Å². The van der Waals surface area contributed by atoms with Gasteiger partial charge in [0.05, 0.1) is 6.10 Å². The van der Waals surface area contributed by atoms with E-state index in [2.05, 4.69) is 32.7 Å². The number of aliphatic hydroxyl groups excluding tert-OH is 1. The number of nitrogens with zero attached hydrogens (tertiary/aromatic N) is 1. The van der Waals surface area contributed by atoms with Crippen LogP contribution in [0.15, 0.2) is 41.5 Å². The molecule has 0 bridgehead atoms. The first kappa shape index (κ1) is 17.2. The number of likely N-dealkylation sites (N-methyl/N-ethyl adjacent to an activating group) is 1. The van der Waals surface area contributed by atoms with Crippen molar-refractivity contribution in [3.05, 3.63) is 47.0 Å². The van der Waals surface area contributed by atoms with E-state index >= 15 is 0 Å². The quantitative estimate of drug-likeness (QED) is 0.778. The van der Waals surface area contributed by atoms with Gasteiger partial charge in [-0.2, -0.15) is 0 Å². The highest BCUT2D eigenvalue weighted by molar-refractivity contribution is 5.22. The molecule has 0 amide bonds. The SMILES string of the molecule is CC1=C(CCN(C)CC(O)c2ccccc2)C(C)(C)CCC1. The summed E-state index contributed by atoms with van der Waals surface area (Å²) in [6.07, 6.45) is 4.60. The summed E-state index contributed by atoms with van der Waals surface area (Å²) < 4.78 is 0. The summed E-state index contributed by atoms with van der Waals surface area (Å²) in [5, 5.41) is 10.3. The van der Waals surface area contributed by atoms with Gasteiger partial charge in [-0.05, 0) is 50.6 Å². The molecule has 1 aromatic carbocycles. The maximum Gasteiger partial charge on any atom is 0.0916 e. The van der Waals surface area contributed by atoms with Gasteiger partial charge in [0, 0.05) is 13.1 Å². The summed E-state index contributed by atoms with van der Waals surface area (Å²) in [5.41, 5.74) is 4.58. The van der Waals surface area contributed by atoms with E-state index in [-0.39, 0.29) is 0 Å². The predicted octanol–water partition coefficient (Wildman–Crippen LogP) is 4.57. The number of allylic oxidation sites excluding steroid dienone is 1. The Balaban J connectivity index is 1.89. The molecule has 0 aliphatic heterocycles. The lowest BCUT2D eigenvalue weighted by molar-refractivity contribution is 0.126. The zero-order chi connectivity index (χ0) is 16.2. The molecule has 122 valence electrons. The molecule has 1 aliphatic rings. The van der Waals surface area contributed by atoms with Gasteiger partial charge in [-0.25, -0.2) is 0 Å². The maximum absolute atomic E-state index is 10.3. The molecular weight excluding hydrogens is 270 g/mol. The van der Waals surface area contributed by atoms with Gasteiger partial charge in [-0.15, -0.1) is 0 Å². The lowest BCUT2D eigenvalue weighted by Crippen LogP contribution is -2.28. The second-order valence-corrected chi connectivity index (χ2v) is 7.44. The minimum atomic E-state index is -0.402. The first-order valence-corrected chi connectivity index (χ1v) is 8.51. The average molecular weight is 301 g/mol. The molecule has 2 heteroatoms. The molecule has 1 aromatic rings. The minimum absolute atomic E-state index is 0.348. The normalized spacial score (nSPS) is 19.5. The highest BCUT2D eigenvalue weighted by atomic mass is 16.3. The first-order valence-electron chi connectivity index (χ1n) is 8.51. The van der Waals surface area contributed by atoms with Crippen molar-refractivity contribution in [1.29, 1.82) is 0 Å². The third-order valence-corrected chi connectivity index (χ3v) is 5.10. The van der Waals surface area contributed by atoms with Crippen LogP contribution in [0.4, 0.5) is 0 Å². The molecule has 2 rings (SSSR count). The number of aliphatic hydroxyl groups is 1. The van der Waals surface area contributed by atoms with Crippen molar-refractivity contribution in [2.45, 2.75) is 52.6 Å². The molecular formula is C20H31NO. The van der Waals surface area contributed by atoms with Gasteiger partial charge in [-0.3, -0.25) is 0 Å². The average Bonchev–Trinajstić information content (AvgIpc) is 2.47. The van der Waals surface area contributed by atoms with Gasteiger partial charge in [0.2, 0.25) is 0 Å². The fraction of sp³-hybridized carbons (Fsp3) is 0.600. The van der Waals surface area contributed by atoms with E-state index in [1.54, 1.807) is 11.1 Å². The van der Waals surface area contributed by atoms with Crippen molar-refractivity contribution >= 4 is 0 Å². The molecule has 1 aliphatic carbocycles. The van der Waals surface area contributed by atoms with E-state index in [0.29, 0.717) is 12.0 Å². The highest BCUT2D eigenvalue weighted by Crippen LogP contribution is 2.41. The summed E-state index contributed by atoms with van der Waals surface area (Å²) in [7, 11) is 2.11. The number of benzene rings is 1. The van der Waals surface area contributed by atoms with Crippen LogP contribution in [-0.2, 0) is 0 Å². The molecule has 1 N–H and O–H groups in total. The minimum Gasteiger partial charge on any atom is -0.387 e. The number of hydrogen-bond donors (Lipinski definition) is 1. The van der Waals surface area contributed by atoms with E-state index in [0.717, 1.165) is 18.5 Å². The third-order valence-electron chi connectivity index (χ3n) is 5.10. The largest absolute Gasteiger partial charge is 0.387 e. The molecule has 0 aromatic heterocycles. The van der Waals surface area contributed by atoms with Crippen LogP contribution in [0, 0.1) is 5.41 Å². The smallest absolute Gasteiger partial charge is 0.0916 e. The number of rotatable bonds is 6. The second-order valence-electron chi connectivity index (χ2n) is 7.44. The summed E-state index contributed by atoms with van der Waals surface area (Å²) in [6, 6.07) is 9.94. The van der Waals surface area contributed by atoms with Gasteiger partial charge in [-0.1, -0.05) is 55.3 Å².